The van der Waals surface area contributed by atoms with E-state index in [0.29, 0.717) is 29.5 Å². The molecule has 0 radical (unpaired) electrons. The highest BCUT2D eigenvalue weighted by molar-refractivity contribution is 5.96. The number of nitrogens with one attached hydrogen (secondary N) is 1. The SMILES string of the molecule is CC(C)C[C@@H](Oc1nc(Oc2cc(C(=O)NCc3ccco3)cc(-c3cccc(CN)c3)c2)c(F)cc1F)C(=O)O. The smallest absolute Gasteiger partial charge is 0.344 e. The van der Waals surface area contributed by atoms with Gasteiger partial charge in [-0.05, 0) is 65.4 Å². The standard InChI is InChI=1S/C30H29F2N3O6/c1-17(2)9-26(30(37)38)41-29-25(32)14-24(31)28(35-29)40-23-12-20(19-6-3-5-18(10-19)15-33)11-21(13-23)27(36)34-16-22-7-4-8-39-22/h3-8,10-14,17,26H,9,15-16,33H2,1-2H3,(H,34,36)(H,37,38)/t26-/m1/s1. The maximum atomic E-state index is 14.8. The Bertz CT molecular complexity index is 1520. The number of hydrogen-bond acceptors (Lipinski definition) is 7. The highest BCUT2D eigenvalue weighted by Crippen LogP contribution is 2.32. The first-order chi connectivity index (χ1) is 19.6. The zero-order valence-electron chi connectivity index (χ0n) is 22.4. The molecule has 4 rings (SSSR count). The Balaban J connectivity index is 1.69. The van der Waals surface area contributed by atoms with E-state index in [1.165, 1.54) is 12.3 Å². The number of furan rings is 1. The molecule has 0 aliphatic rings. The Morgan fingerprint density at radius 1 is 1.02 bits per heavy atom. The number of carbonyl (C=O) groups excluding carboxylic acids is 1. The molecule has 4 aromatic rings. The van der Waals surface area contributed by atoms with E-state index >= 15 is 0 Å². The number of rotatable bonds is 12. The van der Waals surface area contributed by atoms with E-state index < -0.39 is 41.4 Å². The number of carboxylic acids is 1. The van der Waals surface area contributed by atoms with Gasteiger partial charge in [-0.15, -0.1) is 0 Å². The molecule has 1 amide bonds. The summed E-state index contributed by atoms with van der Waals surface area (Å²) in [4.78, 5) is 28.4. The molecule has 2 aromatic carbocycles. The van der Waals surface area contributed by atoms with E-state index in [-0.39, 0.29) is 30.2 Å². The fraction of sp³-hybridized carbons (Fsp3) is 0.233. The number of nitrogens with two attached hydrogens (primary N) is 1. The van der Waals surface area contributed by atoms with Gasteiger partial charge in [-0.25, -0.2) is 13.6 Å². The fourth-order valence-corrected chi connectivity index (χ4v) is 3.98. The number of pyridine rings is 1. The Morgan fingerprint density at radius 2 is 1.80 bits per heavy atom. The second-order valence-electron chi connectivity index (χ2n) is 9.65. The van der Waals surface area contributed by atoms with Crippen LogP contribution in [-0.4, -0.2) is 28.1 Å². The summed E-state index contributed by atoms with van der Waals surface area (Å²) in [6, 6.07) is 15.8. The van der Waals surface area contributed by atoms with E-state index in [0.717, 1.165) is 5.56 Å². The van der Waals surface area contributed by atoms with Gasteiger partial charge in [0, 0.05) is 18.2 Å². The Morgan fingerprint density at radius 3 is 2.49 bits per heavy atom. The zero-order valence-corrected chi connectivity index (χ0v) is 22.4. The molecule has 2 aromatic heterocycles. The predicted molar refractivity (Wildman–Crippen MR) is 145 cm³/mol. The zero-order chi connectivity index (χ0) is 29.5. The number of aromatic nitrogens is 1. The molecule has 0 saturated heterocycles. The van der Waals surface area contributed by atoms with Crippen LogP contribution in [0.15, 0.2) is 71.3 Å². The highest BCUT2D eigenvalue weighted by atomic mass is 19.1. The van der Waals surface area contributed by atoms with E-state index in [2.05, 4.69) is 10.3 Å². The molecule has 214 valence electrons. The van der Waals surface area contributed by atoms with Gasteiger partial charge >= 0.3 is 5.97 Å². The van der Waals surface area contributed by atoms with Gasteiger partial charge < -0.3 is 30.0 Å². The third kappa shape index (κ3) is 7.67. The lowest BCUT2D eigenvalue weighted by molar-refractivity contribution is -0.146. The topological polar surface area (TPSA) is 137 Å². The van der Waals surface area contributed by atoms with E-state index in [1.54, 1.807) is 38.1 Å². The van der Waals surface area contributed by atoms with Crippen LogP contribution >= 0.6 is 0 Å². The molecular weight excluding hydrogens is 536 g/mol. The fourth-order valence-electron chi connectivity index (χ4n) is 3.98. The van der Waals surface area contributed by atoms with Crippen LogP contribution in [0, 0.1) is 17.6 Å². The van der Waals surface area contributed by atoms with E-state index in [1.807, 2.05) is 24.3 Å². The van der Waals surface area contributed by atoms with Crippen molar-refractivity contribution in [3.63, 3.8) is 0 Å². The minimum absolute atomic E-state index is 0.0183. The molecule has 4 N–H and O–H groups in total. The summed E-state index contributed by atoms with van der Waals surface area (Å²) in [5, 5.41) is 12.2. The molecule has 11 heteroatoms. The van der Waals surface area contributed by atoms with Crippen molar-refractivity contribution in [3.05, 3.63) is 95.4 Å². The second-order valence-corrected chi connectivity index (χ2v) is 9.65. The number of nitrogens with zero attached hydrogens (tertiary/aromatic N) is 1. The summed E-state index contributed by atoms with van der Waals surface area (Å²) < 4.78 is 45.5. The first-order valence-corrected chi connectivity index (χ1v) is 12.8. The molecule has 0 aliphatic heterocycles. The van der Waals surface area contributed by atoms with Crippen LogP contribution in [0.4, 0.5) is 8.78 Å². The van der Waals surface area contributed by atoms with Gasteiger partial charge in [0.05, 0.1) is 12.8 Å². The second kappa shape index (κ2) is 13.1. The lowest BCUT2D eigenvalue weighted by atomic mass is 10.00. The van der Waals surface area contributed by atoms with Gasteiger partial charge in [-0.2, -0.15) is 4.98 Å². The van der Waals surface area contributed by atoms with Crippen molar-refractivity contribution in [1.82, 2.24) is 10.3 Å². The Labute approximate surface area is 234 Å². The van der Waals surface area contributed by atoms with Gasteiger partial charge in [-0.3, -0.25) is 4.79 Å². The minimum atomic E-state index is -1.40. The first-order valence-electron chi connectivity index (χ1n) is 12.8. The van der Waals surface area contributed by atoms with E-state index in [9.17, 15) is 23.5 Å². The number of hydrogen-bond donors (Lipinski definition) is 3. The van der Waals surface area contributed by atoms with Crippen LogP contribution < -0.4 is 20.5 Å². The average Bonchev–Trinajstić information content (AvgIpc) is 3.47. The van der Waals surface area contributed by atoms with Gasteiger partial charge in [0.15, 0.2) is 17.7 Å². The predicted octanol–water partition coefficient (Wildman–Crippen LogP) is 5.68. The lowest BCUT2D eigenvalue weighted by Gasteiger charge is -2.17. The van der Waals surface area contributed by atoms with Crippen LogP contribution in [0.1, 0.15) is 41.9 Å². The van der Waals surface area contributed by atoms with Crippen molar-refractivity contribution in [3.8, 4) is 28.6 Å². The number of carbonyl (C=O) groups is 2. The number of halogens is 2. The average molecular weight is 566 g/mol. The normalized spacial score (nSPS) is 11.8. The van der Waals surface area contributed by atoms with Gasteiger partial charge in [0.25, 0.3) is 17.7 Å². The summed E-state index contributed by atoms with van der Waals surface area (Å²) >= 11 is 0. The van der Waals surface area contributed by atoms with Crippen LogP contribution in [0.5, 0.6) is 17.5 Å². The van der Waals surface area contributed by atoms with Gasteiger partial charge in [0.1, 0.15) is 11.5 Å². The number of aliphatic carboxylic acids is 1. The van der Waals surface area contributed by atoms with Crippen molar-refractivity contribution < 1.29 is 37.4 Å². The quantitative estimate of drug-likeness (QED) is 0.200. The molecule has 0 fully saturated rings. The van der Waals surface area contributed by atoms with Crippen molar-refractivity contribution in [2.24, 2.45) is 11.7 Å². The molecule has 0 aliphatic carbocycles. The van der Waals surface area contributed by atoms with Gasteiger partial charge in [0.2, 0.25) is 0 Å². The van der Waals surface area contributed by atoms with E-state index in [4.69, 9.17) is 19.6 Å². The van der Waals surface area contributed by atoms with Crippen LogP contribution in [0.2, 0.25) is 0 Å². The first kappa shape index (κ1) is 29.2. The number of amides is 1. The molecule has 0 spiro atoms. The summed E-state index contributed by atoms with van der Waals surface area (Å²) in [5.74, 6) is -5.01. The Kier molecular flexibility index (Phi) is 9.30. The maximum absolute atomic E-state index is 14.8. The third-order valence-corrected chi connectivity index (χ3v) is 5.96. The highest BCUT2D eigenvalue weighted by Gasteiger charge is 2.25. The molecule has 1 atom stereocenters. The molecular formula is C30H29F2N3O6. The van der Waals surface area contributed by atoms with Gasteiger partial charge in [-0.1, -0.05) is 32.0 Å². The third-order valence-electron chi connectivity index (χ3n) is 5.96. The number of benzene rings is 2. The summed E-state index contributed by atoms with van der Waals surface area (Å²) in [7, 11) is 0. The van der Waals surface area contributed by atoms with Crippen LogP contribution in [0.3, 0.4) is 0 Å². The lowest BCUT2D eigenvalue weighted by Crippen LogP contribution is -2.29. The molecule has 0 bridgehead atoms. The van der Waals surface area contributed by atoms with Crippen molar-refractivity contribution in [2.75, 3.05) is 0 Å². The summed E-state index contributed by atoms with van der Waals surface area (Å²) in [6.45, 7) is 3.98. The van der Waals surface area contributed by atoms with Crippen molar-refractivity contribution in [2.45, 2.75) is 39.5 Å². The largest absolute Gasteiger partial charge is 0.479 e. The number of carboxylic acid groups (broad SMARTS) is 1. The summed E-state index contributed by atoms with van der Waals surface area (Å²) in [6.07, 6.45) is 0.157. The summed E-state index contributed by atoms with van der Waals surface area (Å²) in [5.41, 5.74) is 8.09. The monoisotopic (exact) mass is 565 g/mol. The number of ether oxygens (including phenoxy) is 2. The molecule has 9 nitrogen and oxygen atoms in total. The van der Waals surface area contributed by atoms with Crippen molar-refractivity contribution >= 4 is 11.9 Å². The minimum Gasteiger partial charge on any atom is -0.479 e. The molecule has 41 heavy (non-hydrogen) atoms. The van der Waals surface area contributed by atoms with Crippen molar-refractivity contribution in [1.29, 1.82) is 0 Å². The molecule has 2 heterocycles. The van der Waals surface area contributed by atoms with Crippen LogP contribution in [0.25, 0.3) is 11.1 Å². The Hall–Kier alpha value is -4.77. The molecule has 0 saturated carbocycles. The van der Waals surface area contributed by atoms with Crippen LogP contribution in [-0.2, 0) is 17.9 Å². The maximum Gasteiger partial charge on any atom is 0.344 e. The molecule has 0 unspecified atom stereocenters.